The van der Waals surface area contributed by atoms with Crippen molar-refractivity contribution in [2.24, 2.45) is 0 Å². The quantitative estimate of drug-likeness (QED) is 0.508. The summed E-state index contributed by atoms with van der Waals surface area (Å²) in [5.41, 5.74) is 1.98. The molecule has 7 heteroatoms. The molecular formula is C20H26N2O4S. The predicted molar refractivity (Wildman–Crippen MR) is 105 cm³/mol. The van der Waals surface area contributed by atoms with Gasteiger partial charge in [-0.25, -0.2) is 13.1 Å². The maximum Gasteiger partial charge on any atom is 0.240 e. The first-order valence-electron chi connectivity index (χ1n) is 9.01. The number of aliphatic hydroxyl groups is 1. The van der Waals surface area contributed by atoms with Gasteiger partial charge < -0.3 is 10.4 Å². The van der Waals surface area contributed by atoms with Gasteiger partial charge in [0.2, 0.25) is 15.9 Å². The van der Waals surface area contributed by atoms with Crippen molar-refractivity contribution < 1.29 is 18.3 Å². The minimum absolute atomic E-state index is 0.0512. The van der Waals surface area contributed by atoms with E-state index in [-0.39, 0.29) is 17.4 Å². The summed E-state index contributed by atoms with van der Waals surface area (Å²) in [5.74, 6) is -0.0808. The molecule has 0 aliphatic carbocycles. The van der Waals surface area contributed by atoms with E-state index >= 15 is 0 Å². The Kier molecular flexibility index (Phi) is 8.44. The summed E-state index contributed by atoms with van der Waals surface area (Å²) in [6.45, 7) is 0.846. The van der Waals surface area contributed by atoms with E-state index in [1.54, 1.807) is 24.3 Å². The molecule has 0 saturated heterocycles. The van der Waals surface area contributed by atoms with Crippen molar-refractivity contribution in [1.29, 1.82) is 0 Å². The van der Waals surface area contributed by atoms with Gasteiger partial charge in [-0.15, -0.1) is 0 Å². The molecule has 146 valence electrons. The highest BCUT2D eigenvalue weighted by atomic mass is 32.2. The summed E-state index contributed by atoms with van der Waals surface area (Å²) in [6, 6.07) is 16.3. The van der Waals surface area contributed by atoms with Crippen molar-refractivity contribution in [3.8, 4) is 0 Å². The van der Waals surface area contributed by atoms with Gasteiger partial charge in [-0.1, -0.05) is 42.5 Å². The SMILES string of the molecule is O=C(CCc1ccc(S(=O)(=O)NCCc2ccccc2)cc1)NCCCO. The molecule has 2 aromatic carbocycles. The van der Waals surface area contributed by atoms with E-state index in [1.807, 2.05) is 30.3 Å². The molecule has 0 aliphatic heterocycles. The summed E-state index contributed by atoms with van der Waals surface area (Å²) in [4.78, 5) is 11.9. The average molecular weight is 391 g/mol. The highest BCUT2D eigenvalue weighted by Gasteiger charge is 2.13. The Morgan fingerprint density at radius 1 is 0.889 bits per heavy atom. The first-order chi connectivity index (χ1) is 13.0. The van der Waals surface area contributed by atoms with Crippen LogP contribution in [-0.4, -0.2) is 39.1 Å². The standard InChI is InChI=1S/C20H26N2O4S/c23-16-4-14-21-20(24)12-9-18-7-10-19(11-8-18)27(25,26)22-15-13-17-5-2-1-3-6-17/h1-3,5-8,10-11,22-23H,4,9,12-16H2,(H,21,24). The third-order valence-electron chi connectivity index (χ3n) is 4.08. The van der Waals surface area contributed by atoms with Crippen LogP contribution < -0.4 is 10.0 Å². The molecule has 0 bridgehead atoms. The second-order valence-corrected chi connectivity index (χ2v) is 7.97. The van der Waals surface area contributed by atoms with Crippen LogP contribution in [0.15, 0.2) is 59.5 Å². The van der Waals surface area contributed by atoms with Crippen LogP contribution >= 0.6 is 0 Å². The van der Waals surface area contributed by atoms with Crippen molar-refractivity contribution in [3.63, 3.8) is 0 Å². The Labute approximate surface area is 160 Å². The molecule has 27 heavy (non-hydrogen) atoms. The zero-order valence-electron chi connectivity index (χ0n) is 15.2. The van der Waals surface area contributed by atoms with E-state index in [2.05, 4.69) is 10.0 Å². The fourth-order valence-electron chi connectivity index (χ4n) is 2.55. The van der Waals surface area contributed by atoms with Gasteiger partial charge in [-0.3, -0.25) is 4.79 Å². The summed E-state index contributed by atoms with van der Waals surface area (Å²) in [5, 5.41) is 11.4. The number of carbonyl (C=O) groups excluding carboxylic acids is 1. The Morgan fingerprint density at radius 2 is 1.56 bits per heavy atom. The van der Waals surface area contributed by atoms with Crippen molar-refractivity contribution in [2.45, 2.75) is 30.6 Å². The summed E-state index contributed by atoms with van der Waals surface area (Å²) >= 11 is 0. The number of benzene rings is 2. The van der Waals surface area contributed by atoms with Gasteiger partial charge in [0.25, 0.3) is 0 Å². The van der Waals surface area contributed by atoms with Crippen LogP contribution in [0, 0.1) is 0 Å². The van der Waals surface area contributed by atoms with Crippen LogP contribution in [0.4, 0.5) is 0 Å². The maximum absolute atomic E-state index is 12.4. The number of carbonyl (C=O) groups is 1. The fraction of sp³-hybridized carbons (Fsp3) is 0.350. The second-order valence-electron chi connectivity index (χ2n) is 6.20. The number of sulfonamides is 1. The molecule has 0 fully saturated rings. The lowest BCUT2D eigenvalue weighted by atomic mass is 10.1. The number of aliphatic hydroxyl groups excluding tert-OH is 1. The largest absolute Gasteiger partial charge is 0.396 e. The van der Waals surface area contributed by atoms with E-state index in [4.69, 9.17) is 5.11 Å². The van der Waals surface area contributed by atoms with Crippen LogP contribution in [0.2, 0.25) is 0 Å². The van der Waals surface area contributed by atoms with Gasteiger partial charge in [-0.2, -0.15) is 0 Å². The maximum atomic E-state index is 12.4. The summed E-state index contributed by atoms with van der Waals surface area (Å²) in [7, 11) is -3.55. The minimum atomic E-state index is -3.55. The summed E-state index contributed by atoms with van der Waals surface area (Å²) < 4.78 is 27.3. The van der Waals surface area contributed by atoms with Gasteiger partial charge in [0, 0.05) is 26.1 Å². The van der Waals surface area contributed by atoms with E-state index in [9.17, 15) is 13.2 Å². The molecule has 6 nitrogen and oxygen atoms in total. The van der Waals surface area contributed by atoms with E-state index in [0.29, 0.717) is 38.8 Å². The van der Waals surface area contributed by atoms with Crippen LogP contribution in [0.5, 0.6) is 0 Å². The molecule has 0 saturated carbocycles. The number of rotatable bonds is 11. The normalized spacial score (nSPS) is 11.3. The van der Waals surface area contributed by atoms with Gasteiger partial charge in [0.05, 0.1) is 4.90 Å². The minimum Gasteiger partial charge on any atom is -0.396 e. The lowest BCUT2D eigenvalue weighted by molar-refractivity contribution is -0.121. The molecule has 0 spiro atoms. The number of hydrogen-bond acceptors (Lipinski definition) is 4. The second kappa shape index (κ2) is 10.8. The Hall–Kier alpha value is -2.22. The zero-order valence-corrected chi connectivity index (χ0v) is 16.0. The average Bonchev–Trinajstić information content (AvgIpc) is 2.68. The Morgan fingerprint density at radius 3 is 2.22 bits per heavy atom. The summed E-state index contributed by atoms with van der Waals surface area (Å²) in [6.07, 6.45) is 2.03. The molecule has 0 unspecified atom stereocenters. The first-order valence-corrected chi connectivity index (χ1v) is 10.5. The van der Waals surface area contributed by atoms with Crippen LogP contribution in [0.25, 0.3) is 0 Å². The van der Waals surface area contributed by atoms with Crippen molar-refractivity contribution >= 4 is 15.9 Å². The predicted octanol–water partition coefficient (Wildman–Crippen LogP) is 1.64. The molecule has 0 radical (unpaired) electrons. The fourth-order valence-corrected chi connectivity index (χ4v) is 3.58. The van der Waals surface area contributed by atoms with Crippen LogP contribution in [0.1, 0.15) is 24.0 Å². The molecule has 2 rings (SSSR count). The lowest BCUT2D eigenvalue weighted by Crippen LogP contribution is -2.26. The smallest absolute Gasteiger partial charge is 0.240 e. The Balaban J connectivity index is 1.81. The third-order valence-corrected chi connectivity index (χ3v) is 5.56. The van der Waals surface area contributed by atoms with Crippen LogP contribution in [-0.2, 0) is 27.7 Å². The van der Waals surface area contributed by atoms with Crippen molar-refractivity contribution in [1.82, 2.24) is 10.0 Å². The zero-order chi connectivity index (χ0) is 19.5. The van der Waals surface area contributed by atoms with E-state index in [0.717, 1.165) is 11.1 Å². The van der Waals surface area contributed by atoms with Gasteiger partial charge >= 0.3 is 0 Å². The lowest BCUT2D eigenvalue weighted by Gasteiger charge is -2.08. The van der Waals surface area contributed by atoms with Gasteiger partial charge in [0.15, 0.2) is 0 Å². The number of aryl methyl sites for hydroxylation is 1. The highest BCUT2D eigenvalue weighted by molar-refractivity contribution is 7.89. The monoisotopic (exact) mass is 390 g/mol. The van der Waals surface area contributed by atoms with E-state index < -0.39 is 10.0 Å². The van der Waals surface area contributed by atoms with Gasteiger partial charge in [0.1, 0.15) is 0 Å². The molecule has 0 atom stereocenters. The Bertz CT molecular complexity index is 806. The first kappa shape index (κ1) is 21.1. The van der Waals surface area contributed by atoms with Crippen molar-refractivity contribution in [3.05, 3.63) is 65.7 Å². The molecule has 0 aromatic heterocycles. The number of nitrogens with one attached hydrogen (secondary N) is 2. The van der Waals surface area contributed by atoms with Crippen LogP contribution in [0.3, 0.4) is 0 Å². The topological polar surface area (TPSA) is 95.5 Å². The molecule has 0 aliphatic rings. The number of amides is 1. The third kappa shape index (κ3) is 7.50. The molecule has 2 aromatic rings. The van der Waals surface area contributed by atoms with Gasteiger partial charge in [-0.05, 0) is 42.5 Å². The molecular weight excluding hydrogens is 364 g/mol. The molecule has 0 heterocycles. The highest BCUT2D eigenvalue weighted by Crippen LogP contribution is 2.12. The number of hydrogen-bond donors (Lipinski definition) is 3. The molecule has 3 N–H and O–H groups in total. The molecule has 1 amide bonds. The van der Waals surface area contributed by atoms with Crippen molar-refractivity contribution in [2.75, 3.05) is 19.7 Å². The van der Waals surface area contributed by atoms with E-state index in [1.165, 1.54) is 0 Å².